The molecule has 3 aromatic carbocycles. The van der Waals surface area contributed by atoms with Crippen molar-refractivity contribution >= 4 is 45.1 Å². The average Bonchev–Trinajstić information content (AvgIpc) is 3.04. The molecule has 0 aliphatic heterocycles. The Hall–Kier alpha value is -2.85. The van der Waals surface area contributed by atoms with E-state index in [0.717, 1.165) is 16.3 Å². The van der Waals surface area contributed by atoms with E-state index in [4.69, 9.17) is 16.0 Å². The second kappa shape index (κ2) is 5.98. The van der Waals surface area contributed by atoms with Gasteiger partial charge >= 0.3 is 0 Å². The van der Waals surface area contributed by atoms with Crippen LogP contribution in [0.15, 0.2) is 65.1 Å². The molecule has 1 N–H and O–H groups in total. The van der Waals surface area contributed by atoms with E-state index in [1.807, 2.05) is 30.3 Å². The minimum absolute atomic E-state index is 0.0852. The molecule has 0 spiro atoms. The van der Waals surface area contributed by atoms with Gasteiger partial charge in [-0.25, -0.2) is 4.98 Å². The van der Waals surface area contributed by atoms with Crippen molar-refractivity contribution in [2.45, 2.75) is 0 Å². The van der Waals surface area contributed by atoms with Crippen LogP contribution in [0.25, 0.3) is 33.3 Å². The van der Waals surface area contributed by atoms with E-state index in [1.165, 1.54) is 0 Å². The lowest BCUT2D eigenvalue weighted by atomic mass is 10.0. The third kappa shape index (κ3) is 2.61. The highest BCUT2D eigenvalue weighted by Gasteiger charge is 2.12. The van der Waals surface area contributed by atoms with Gasteiger partial charge in [0.25, 0.3) is 0 Å². The Morgan fingerprint density at radius 3 is 2.79 bits per heavy atom. The van der Waals surface area contributed by atoms with Crippen LogP contribution in [0.2, 0.25) is 0 Å². The summed E-state index contributed by atoms with van der Waals surface area (Å²) in [5.74, 6) is 0.217. The summed E-state index contributed by atoms with van der Waals surface area (Å²) < 4.78 is 5.90. The molecule has 1 heterocycles. The molecule has 4 aromatic rings. The maximum Gasteiger partial charge on any atom is 0.239 e. The lowest BCUT2D eigenvalue weighted by Gasteiger charge is -2.01. The number of carbonyl (C=O) groups excluding carboxylic acids is 1. The zero-order valence-corrected chi connectivity index (χ0v) is 13.4. The van der Waals surface area contributed by atoms with Crippen LogP contribution in [0.4, 0.5) is 5.69 Å². The van der Waals surface area contributed by atoms with Gasteiger partial charge in [-0.15, -0.1) is 11.6 Å². The fourth-order valence-corrected chi connectivity index (χ4v) is 2.79. The Bertz CT molecular complexity index is 1050. The van der Waals surface area contributed by atoms with Gasteiger partial charge in [0.05, 0.1) is 0 Å². The first kappa shape index (κ1) is 14.7. The quantitative estimate of drug-likeness (QED) is 0.545. The smallest absolute Gasteiger partial charge is 0.239 e. The number of fused-ring (bicyclic) bond motifs is 2. The molecule has 118 valence electrons. The first-order chi connectivity index (χ1) is 11.7. The molecule has 5 heteroatoms. The molecule has 0 atom stereocenters. The number of oxazole rings is 1. The summed E-state index contributed by atoms with van der Waals surface area (Å²) in [6.45, 7) is 0. The highest BCUT2D eigenvalue weighted by Crippen LogP contribution is 2.31. The van der Waals surface area contributed by atoms with Crippen LogP contribution in [-0.4, -0.2) is 16.8 Å². The predicted molar refractivity (Wildman–Crippen MR) is 96.3 cm³/mol. The van der Waals surface area contributed by atoms with Crippen LogP contribution in [0.5, 0.6) is 0 Å². The molecule has 4 rings (SSSR count). The van der Waals surface area contributed by atoms with Gasteiger partial charge in [-0.3, -0.25) is 4.79 Å². The summed E-state index contributed by atoms with van der Waals surface area (Å²) in [5.41, 5.74) is 2.94. The molecule has 0 radical (unpaired) electrons. The van der Waals surface area contributed by atoms with E-state index in [9.17, 15) is 4.79 Å². The van der Waals surface area contributed by atoms with Gasteiger partial charge in [-0.2, -0.15) is 0 Å². The van der Waals surface area contributed by atoms with Crippen LogP contribution in [0, 0.1) is 0 Å². The van der Waals surface area contributed by atoms with Gasteiger partial charge in [0.15, 0.2) is 5.58 Å². The molecule has 0 saturated carbocycles. The number of hydrogen-bond donors (Lipinski definition) is 1. The maximum absolute atomic E-state index is 11.4. The molecule has 0 unspecified atom stereocenters. The Kier molecular flexibility index (Phi) is 3.67. The molecule has 0 fully saturated rings. The third-order valence-corrected chi connectivity index (χ3v) is 4.06. The van der Waals surface area contributed by atoms with E-state index in [0.29, 0.717) is 22.7 Å². The minimum atomic E-state index is -0.256. The van der Waals surface area contributed by atoms with Crippen LogP contribution < -0.4 is 5.32 Å². The van der Waals surface area contributed by atoms with Crippen molar-refractivity contribution in [3.05, 3.63) is 60.7 Å². The molecule has 4 nitrogen and oxygen atoms in total. The summed E-state index contributed by atoms with van der Waals surface area (Å²) in [4.78, 5) is 16.0. The topological polar surface area (TPSA) is 55.1 Å². The minimum Gasteiger partial charge on any atom is -0.436 e. The molecular weight excluding hydrogens is 324 g/mol. The molecule has 0 aliphatic rings. The van der Waals surface area contributed by atoms with Crippen molar-refractivity contribution < 1.29 is 9.21 Å². The van der Waals surface area contributed by atoms with E-state index in [-0.39, 0.29) is 11.8 Å². The lowest BCUT2D eigenvalue weighted by Crippen LogP contribution is -2.12. The van der Waals surface area contributed by atoms with Crippen LogP contribution in [0.3, 0.4) is 0 Å². The Morgan fingerprint density at radius 2 is 1.92 bits per heavy atom. The maximum atomic E-state index is 11.4. The molecule has 0 aliphatic carbocycles. The zero-order valence-electron chi connectivity index (χ0n) is 12.6. The number of alkyl halides is 1. The summed E-state index contributed by atoms with van der Waals surface area (Å²) in [7, 11) is 0. The van der Waals surface area contributed by atoms with Crippen LogP contribution in [0.1, 0.15) is 0 Å². The number of benzene rings is 3. The number of aromatic nitrogens is 1. The summed E-state index contributed by atoms with van der Waals surface area (Å²) in [6.07, 6.45) is 0. The fraction of sp³-hybridized carbons (Fsp3) is 0.0526. The number of rotatable bonds is 3. The molecule has 1 aromatic heterocycles. The number of amides is 1. The van der Waals surface area contributed by atoms with E-state index in [1.54, 1.807) is 18.2 Å². The monoisotopic (exact) mass is 336 g/mol. The van der Waals surface area contributed by atoms with Crippen molar-refractivity contribution in [3.8, 4) is 11.5 Å². The average molecular weight is 337 g/mol. The van der Waals surface area contributed by atoms with Gasteiger partial charge in [0.1, 0.15) is 11.4 Å². The highest BCUT2D eigenvalue weighted by molar-refractivity contribution is 6.29. The summed E-state index contributed by atoms with van der Waals surface area (Å²) >= 11 is 5.51. The van der Waals surface area contributed by atoms with E-state index < -0.39 is 0 Å². The Balaban J connectivity index is 1.81. The normalized spacial score (nSPS) is 11.0. The Labute approximate surface area is 143 Å². The predicted octanol–water partition coefficient (Wildman–Crippen LogP) is 4.83. The van der Waals surface area contributed by atoms with Gasteiger partial charge in [0.2, 0.25) is 11.8 Å². The molecule has 0 saturated heterocycles. The van der Waals surface area contributed by atoms with Crippen LogP contribution in [-0.2, 0) is 4.79 Å². The Morgan fingerprint density at radius 1 is 1.08 bits per heavy atom. The van der Waals surface area contributed by atoms with Crippen molar-refractivity contribution in [1.29, 1.82) is 0 Å². The number of carbonyl (C=O) groups is 1. The van der Waals surface area contributed by atoms with Crippen molar-refractivity contribution in [3.63, 3.8) is 0 Å². The number of halogens is 1. The first-order valence-electron chi connectivity index (χ1n) is 7.49. The van der Waals surface area contributed by atoms with Crippen molar-refractivity contribution in [2.75, 3.05) is 11.2 Å². The number of nitrogens with zero attached hydrogens (tertiary/aromatic N) is 1. The molecule has 24 heavy (non-hydrogen) atoms. The van der Waals surface area contributed by atoms with Crippen LogP contribution >= 0.6 is 11.6 Å². The van der Waals surface area contributed by atoms with E-state index >= 15 is 0 Å². The summed E-state index contributed by atoms with van der Waals surface area (Å²) in [5, 5.41) is 4.93. The van der Waals surface area contributed by atoms with Crippen molar-refractivity contribution in [2.24, 2.45) is 0 Å². The highest BCUT2D eigenvalue weighted by atomic mass is 35.5. The fourth-order valence-electron chi connectivity index (χ4n) is 2.73. The van der Waals surface area contributed by atoms with Crippen molar-refractivity contribution in [1.82, 2.24) is 4.98 Å². The third-order valence-electron chi connectivity index (χ3n) is 3.81. The molecular formula is C19H13ClN2O2. The lowest BCUT2D eigenvalue weighted by molar-refractivity contribution is -0.113. The molecule has 1 amide bonds. The summed E-state index contributed by atoms with van der Waals surface area (Å²) in [6, 6.07) is 19.5. The van der Waals surface area contributed by atoms with Gasteiger partial charge in [0, 0.05) is 11.3 Å². The largest absolute Gasteiger partial charge is 0.436 e. The van der Waals surface area contributed by atoms with Gasteiger partial charge in [-0.1, -0.05) is 36.4 Å². The second-order valence-corrected chi connectivity index (χ2v) is 5.68. The number of anilines is 1. The number of nitrogens with one attached hydrogen (secondary N) is 1. The van der Waals surface area contributed by atoms with Gasteiger partial charge in [-0.05, 0) is 35.0 Å². The second-order valence-electron chi connectivity index (χ2n) is 5.41. The first-order valence-corrected chi connectivity index (χ1v) is 8.02. The van der Waals surface area contributed by atoms with E-state index in [2.05, 4.69) is 22.4 Å². The number of hydrogen-bond acceptors (Lipinski definition) is 3. The molecule has 0 bridgehead atoms. The zero-order chi connectivity index (χ0) is 16.5. The van der Waals surface area contributed by atoms with Gasteiger partial charge < -0.3 is 9.73 Å². The SMILES string of the molecule is O=C(CCl)Nc1ccc2oc(-c3cccc4ccccc34)nc2c1. The standard InChI is InChI=1S/C19H13ClN2O2/c20-11-18(23)21-13-8-9-17-16(10-13)22-19(24-17)15-7-3-5-12-4-1-2-6-14(12)15/h1-10H,11H2,(H,21,23).